The van der Waals surface area contributed by atoms with E-state index in [9.17, 15) is 0 Å². The van der Waals surface area contributed by atoms with Gasteiger partial charge in [0.1, 0.15) is 0 Å². The molecule has 0 unspecified atom stereocenters. The van der Waals surface area contributed by atoms with Crippen molar-refractivity contribution < 1.29 is 0 Å². The van der Waals surface area contributed by atoms with Crippen molar-refractivity contribution in [1.29, 1.82) is 0 Å². The maximum atomic E-state index is 4.66. The Morgan fingerprint density at radius 3 is 2.74 bits per heavy atom. The average molecular weight is 444 g/mol. The van der Waals surface area contributed by atoms with E-state index in [-0.39, 0.29) is 0 Å². The first-order valence-electron chi connectivity index (χ1n) is 9.01. The molecule has 140 valence electrons. The van der Waals surface area contributed by atoms with Gasteiger partial charge in [-0.25, -0.2) is 9.97 Å². The van der Waals surface area contributed by atoms with Gasteiger partial charge in [0, 0.05) is 44.6 Å². The lowest BCUT2D eigenvalue weighted by molar-refractivity contribution is 0.148. The van der Waals surface area contributed by atoms with E-state index in [1.807, 2.05) is 12.1 Å². The maximum Gasteiger partial charge on any atom is 0.227 e. The minimum Gasteiger partial charge on any atom is -0.324 e. The minimum absolute atomic E-state index is 0.619. The summed E-state index contributed by atoms with van der Waals surface area (Å²) >= 11 is 5.17. The summed E-state index contributed by atoms with van der Waals surface area (Å²) in [7, 11) is 2.19. The molecule has 27 heavy (non-hydrogen) atoms. The molecule has 0 spiro atoms. The van der Waals surface area contributed by atoms with Crippen molar-refractivity contribution in [1.82, 2.24) is 19.8 Å². The fourth-order valence-corrected chi connectivity index (χ4v) is 4.50. The van der Waals surface area contributed by atoms with Crippen molar-refractivity contribution in [2.75, 3.05) is 38.5 Å². The first-order chi connectivity index (χ1) is 13.2. The average Bonchev–Trinajstić information content (AvgIpc) is 3.11. The van der Waals surface area contributed by atoms with Gasteiger partial charge in [-0.15, -0.1) is 11.3 Å². The van der Waals surface area contributed by atoms with E-state index < -0.39 is 0 Å². The normalized spacial score (nSPS) is 15.8. The summed E-state index contributed by atoms with van der Waals surface area (Å²) in [5, 5.41) is 3.35. The molecular weight excluding hydrogens is 422 g/mol. The Hall–Kier alpha value is -1.80. The molecule has 2 aromatic heterocycles. The SMILES string of the molecule is CN1CCN(Cc2cccc(Nc3nccc(-c4ccc(Br)s4)n3)c2)CC1. The van der Waals surface area contributed by atoms with Gasteiger partial charge in [0.2, 0.25) is 5.95 Å². The quantitative estimate of drug-likeness (QED) is 0.630. The van der Waals surface area contributed by atoms with Crippen molar-refractivity contribution >= 4 is 38.9 Å². The number of hydrogen-bond donors (Lipinski definition) is 1. The van der Waals surface area contributed by atoms with Crippen molar-refractivity contribution in [3.8, 4) is 10.6 Å². The highest BCUT2D eigenvalue weighted by molar-refractivity contribution is 9.11. The molecule has 1 aliphatic heterocycles. The van der Waals surface area contributed by atoms with Crippen LogP contribution in [0.25, 0.3) is 10.6 Å². The van der Waals surface area contributed by atoms with Crippen LogP contribution < -0.4 is 5.32 Å². The lowest BCUT2D eigenvalue weighted by atomic mass is 10.1. The predicted octanol–water partition coefficient (Wildman–Crippen LogP) is 4.46. The number of piperazine rings is 1. The van der Waals surface area contributed by atoms with Gasteiger partial charge in [0.25, 0.3) is 0 Å². The predicted molar refractivity (Wildman–Crippen MR) is 116 cm³/mol. The van der Waals surface area contributed by atoms with Gasteiger partial charge < -0.3 is 10.2 Å². The van der Waals surface area contributed by atoms with Gasteiger partial charge in [-0.05, 0) is 58.9 Å². The topological polar surface area (TPSA) is 44.3 Å². The van der Waals surface area contributed by atoms with Crippen molar-refractivity contribution in [3.63, 3.8) is 0 Å². The summed E-state index contributed by atoms with van der Waals surface area (Å²) in [6.45, 7) is 5.49. The highest BCUT2D eigenvalue weighted by atomic mass is 79.9. The van der Waals surface area contributed by atoms with Crippen LogP contribution in [0, 0.1) is 0 Å². The molecule has 1 fully saturated rings. The van der Waals surface area contributed by atoms with Crippen LogP contribution >= 0.6 is 27.3 Å². The Morgan fingerprint density at radius 2 is 1.96 bits per heavy atom. The van der Waals surface area contributed by atoms with Crippen LogP contribution in [0.5, 0.6) is 0 Å². The lowest BCUT2D eigenvalue weighted by Gasteiger charge is -2.32. The maximum absolute atomic E-state index is 4.66. The smallest absolute Gasteiger partial charge is 0.227 e. The van der Waals surface area contributed by atoms with Crippen LogP contribution in [-0.2, 0) is 6.54 Å². The number of nitrogens with one attached hydrogen (secondary N) is 1. The molecule has 3 aromatic rings. The molecule has 5 nitrogen and oxygen atoms in total. The van der Waals surface area contributed by atoms with Gasteiger partial charge in [0.05, 0.1) is 14.4 Å². The number of aromatic nitrogens is 2. The van der Waals surface area contributed by atoms with Gasteiger partial charge >= 0.3 is 0 Å². The summed E-state index contributed by atoms with van der Waals surface area (Å²) in [4.78, 5) is 15.0. The van der Waals surface area contributed by atoms with Crippen molar-refractivity contribution in [3.05, 3.63) is 58.0 Å². The zero-order valence-corrected chi connectivity index (χ0v) is 17.6. The molecule has 3 heterocycles. The standard InChI is InChI=1S/C20H22BrN5S/c1-25-9-11-26(12-10-25)14-15-3-2-4-16(13-15)23-20-22-8-7-17(24-20)18-5-6-19(21)27-18/h2-8,13H,9-12,14H2,1H3,(H,22,23,24). The lowest BCUT2D eigenvalue weighted by Crippen LogP contribution is -2.43. The molecule has 1 aliphatic rings. The second kappa shape index (κ2) is 8.48. The Balaban J connectivity index is 1.45. The number of halogens is 1. The summed E-state index contributed by atoms with van der Waals surface area (Å²) in [6, 6.07) is 14.6. The molecule has 0 radical (unpaired) electrons. The summed E-state index contributed by atoms with van der Waals surface area (Å²) in [5.74, 6) is 0.619. The molecule has 1 aromatic carbocycles. The molecule has 0 atom stereocenters. The number of hydrogen-bond acceptors (Lipinski definition) is 6. The summed E-state index contributed by atoms with van der Waals surface area (Å²) < 4.78 is 1.10. The number of benzene rings is 1. The van der Waals surface area contributed by atoms with E-state index in [0.717, 1.165) is 52.8 Å². The second-order valence-electron chi connectivity index (χ2n) is 6.77. The van der Waals surface area contributed by atoms with Crippen LogP contribution in [0.15, 0.2) is 52.4 Å². The third-order valence-corrected chi connectivity index (χ3v) is 6.31. The summed E-state index contributed by atoms with van der Waals surface area (Å²) in [5.41, 5.74) is 3.26. The highest BCUT2D eigenvalue weighted by Gasteiger charge is 2.14. The van der Waals surface area contributed by atoms with Crippen LogP contribution in [0.4, 0.5) is 11.6 Å². The number of nitrogens with zero attached hydrogens (tertiary/aromatic N) is 4. The van der Waals surface area contributed by atoms with Crippen LogP contribution in [0.1, 0.15) is 5.56 Å². The van der Waals surface area contributed by atoms with E-state index in [1.165, 1.54) is 5.56 Å². The third-order valence-electron chi connectivity index (χ3n) is 4.67. The Labute approximate surface area is 172 Å². The van der Waals surface area contributed by atoms with Crippen LogP contribution in [0.3, 0.4) is 0 Å². The molecule has 7 heteroatoms. The molecule has 0 saturated carbocycles. The van der Waals surface area contributed by atoms with Crippen LogP contribution in [0.2, 0.25) is 0 Å². The minimum atomic E-state index is 0.619. The van der Waals surface area contributed by atoms with Gasteiger partial charge in [0.15, 0.2) is 0 Å². The largest absolute Gasteiger partial charge is 0.324 e. The summed E-state index contributed by atoms with van der Waals surface area (Å²) in [6.07, 6.45) is 1.80. The number of rotatable bonds is 5. The molecular formula is C20H22BrN5S. The van der Waals surface area contributed by atoms with Gasteiger partial charge in [-0.3, -0.25) is 4.90 Å². The van der Waals surface area contributed by atoms with E-state index in [4.69, 9.17) is 0 Å². The first-order valence-corrected chi connectivity index (χ1v) is 10.6. The van der Waals surface area contributed by atoms with Crippen molar-refractivity contribution in [2.45, 2.75) is 6.54 Å². The van der Waals surface area contributed by atoms with Gasteiger partial charge in [-0.1, -0.05) is 12.1 Å². The molecule has 0 amide bonds. The molecule has 1 saturated heterocycles. The van der Waals surface area contributed by atoms with E-state index in [2.05, 4.69) is 78.4 Å². The molecule has 0 bridgehead atoms. The Kier molecular flexibility index (Phi) is 5.83. The number of anilines is 2. The zero-order chi connectivity index (χ0) is 18.6. The molecule has 4 rings (SSSR count). The Morgan fingerprint density at radius 1 is 1.11 bits per heavy atom. The van der Waals surface area contributed by atoms with Gasteiger partial charge in [-0.2, -0.15) is 0 Å². The van der Waals surface area contributed by atoms with E-state index >= 15 is 0 Å². The Bertz CT molecular complexity index is 905. The van der Waals surface area contributed by atoms with E-state index in [0.29, 0.717) is 5.95 Å². The van der Waals surface area contributed by atoms with Crippen molar-refractivity contribution in [2.24, 2.45) is 0 Å². The molecule has 0 aliphatic carbocycles. The first kappa shape index (κ1) is 18.6. The number of thiophene rings is 1. The molecule has 1 N–H and O–H groups in total. The number of likely N-dealkylation sites (N-methyl/N-ethyl adjacent to an activating group) is 1. The fourth-order valence-electron chi connectivity index (χ4n) is 3.15. The van der Waals surface area contributed by atoms with E-state index in [1.54, 1.807) is 17.5 Å². The second-order valence-corrected chi connectivity index (χ2v) is 9.24. The highest BCUT2D eigenvalue weighted by Crippen LogP contribution is 2.30. The zero-order valence-electron chi connectivity index (χ0n) is 15.2. The third kappa shape index (κ3) is 4.93. The monoisotopic (exact) mass is 443 g/mol. The fraction of sp³-hybridized carbons (Fsp3) is 0.300. The van der Waals surface area contributed by atoms with Crippen LogP contribution in [-0.4, -0.2) is 53.0 Å².